The van der Waals surface area contributed by atoms with E-state index in [1.807, 2.05) is 36.4 Å². The van der Waals surface area contributed by atoms with E-state index in [1.54, 1.807) is 19.2 Å². The molecule has 1 heterocycles. The van der Waals surface area contributed by atoms with Gasteiger partial charge in [-0.05, 0) is 54.2 Å². The molecule has 8 heteroatoms. The molecule has 1 aliphatic carbocycles. The summed E-state index contributed by atoms with van der Waals surface area (Å²) in [5.41, 5.74) is 4.11. The average molecular weight is 504 g/mol. The molecule has 0 saturated heterocycles. The van der Waals surface area contributed by atoms with E-state index in [0.717, 1.165) is 22.9 Å². The minimum atomic E-state index is -1.08. The molecular weight excluding hydrogens is 476 g/mol. The number of halogens is 2. The van der Waals surface area contributed by atoms with Crippen molar-refractivity contribution >= 4 is 23.4 Å². The van der Waals surface area contributed by atoms with Gasteiger partial charge in [0.15, 0.2) is 0 Å². The van der Waals surface area contributed by atoms with Gasteiger partial charge in [0.25, 0.3) is 5.91 Å². The van der Waals surface area contributed by atoms with E-state index in [9.17, 15) is 23.2 Å². The summed E-state index contributed by atoms with van der Waals surface area (Å²) in [4.78, 5) is 40.9. The number of amides is 3. The first-order valence-corrected chi connectivity index (χ1v) is 12.3. The monoisotopic (exact) mass is 503 g/mol. The van der Waals surface area contributed by atoms with Crippen LogP contribution in [0.15, 0.2) is 60.7 Å². The minimum Gasteiger partial charge on any atom is -0.355 e. The largest absolute Gasteiger partial charge is 0.355 e. The molecule has 3 unspecified atom stereocenters. The van der Waals surface area contributed by atoms with Crippen molar-refractivity contribution in [2.75, 3.05) is 18.5 Å². The Labute approximate surface area is 213 Å². The molecule has 0 bridgehead atoms. The summed E-state index contributed by atoms with van der Waals surface area (Å²) in [5.74, 6) is -3.96. The fourth-order valence-corrected chi connectivity index (χ4v) is 5.27. The van der Waals surface area contributed by atoms with Crippen molar-refractivity contribution in [1.29, 1.82) is 0 Å². The van der Waals surface area contributed by atoms with Crippen LogP contribution in [0.4, 0.5) is 14.5 Å². The van der Waals surface area contributed by atoms with Crippen molar-refractivity contribution in [2.24, 2.45) is 5.92 Å². The minimum absolute atomic E-state index is 0.162. The van der Waals surface area contributed by atoms with E-state index in [4.69, 9.17) is 0 Å². The second-order valence-corrected chi connectivity index (χ2v) is 9.60. The van der Waals surface area contributed by atoms with Gasteiger partial charge in [-0.1, -0.05) is 42.5 Å². The molecule has 3 amide bonds. The molecule has 6 nitrogen and oxygen atoms in total. The molecular formula is C29H27F2N3O3. The number of para-hydroxylation sites is 1. The Morgan fingerprint density at radius 3 is 2.49 bits per heavy atom. The number of rotatable bonds is 5. The van der Waals surface area contributed by atoms with E-state index in [1.165, 1.54) is 17.9 Å². The maximum atomic E-state index is 14.0. The van der Waals surface area contributed by atoms with E-state index >= 15 is 0 Å². The third kappa shape index (κ3) is 4.48. The van der Waals surface area contributed by atoms with Crippen LogP contribution < -0.4 is 15.5 Å². The fourth-order valence-electron chi connectivity index (χ4n) is 5.27. The number of hydrogen-bond acceptors (Lipinski definition) is 3. The first-order chi connectivity index (χ1) is 17.8. The van der Waals surface area contributed by atoms with Crippen LogP contribution in [0.25, 0.3) is 11.1 Å². The highest BCUT2D eigenvalue weighted by molar-refractivity contribution is 6.07. The Kier molecular flexibility index (Phi) is 6.50. The lowest BCUT2D eigenvalue weighted by Gasteiger charge is -2.24. The number of nitrogens with zero attached hydrogens (tertiary/aromatic N) is 1. The van der Waals surface area contributed by atoms with Crippen LogP contribution in [0.2, 0.25) is 0 Å². The number of fused-ring (bicyclic) bond motifs is 4. The van der Waals surface area contributed by atoms with Crippen molar-refractivity contribution in [1.82, 2.24) is 10.6 Å². The van der Waals surface area contributed by atoms with Crippen molar-refractivity contribution in [3.63, 3.8) is 0 Å². The summed E-state index contributed by atoms with van der Waals surface area (Å²) in [6.07, 6.45) is 1.05. The SMILES string of the molecule is CC(C(=O)NCC1CCc2c(F)cc(F)cc21)C(=O)NC1C(=O)N(C)c2ccccc2-c2ccccc21. The Bertz CT molecular complexity index is 1410. The van der Waals surface area contributed by atoms with E-state index in [2.05, 4.69) is 10.6 Å². The highest BCUT2D eigenvalue weighted by atomic mass is 19.1. The van der Waals surface area contributed by atoms with Crippen LogP contribution in [-0.2, 0) is 20.8 Å². The fraction of sp³-hybridized carbons (Fsp3) is 0.276. The van der Waals surface area contributed by atoms with Gasteiger partial charge in [-0.15, -0.1) is 0 Å². The maximum Gasteiger partial charge on any atom is 0.253 e. The smallest absolute Gasteiger partial charge is 0.253 e. The molecule has 0 fully saturated rings. The summed E-state index contributed by atoms with van der Waals surface area (Å²) in [7, 11) is 1.66. The predicted octanol–water partition coefficient (Wildman–Crippen LogP) is 4.25. The van der Waals surface area contributed by atoms with Crippen LogP contribution in [0.1, 0.15) is 42.0 Å². The van der Waals surface area contributed by atoms with E-state index in [0.29, 0.717) is 29.5 Å². The zero-order chi connectivity index (χ0) is 26.3. The zero-order valence-corrected chi connectivity index (χ0v) is 20.6. The van der Waals surface area contributed by atoms with Crippen LogP contribution in [0, 0.1) is 17.6 Å². The molecule has 5 rings (SSSR count). The summed E-state index contributed by atoms with van der Waals surface area (Å²) < 4.78 is 27.8. The number of likely N-dealkylation sites (N-methyl/N-ethyl adjacent to an activating group) is 1. The second-order valence-electron chi connectivity index (χ2n) is 9.60. The van der Waals surface area contributed by atoms with Crippen molar-refractivity contribution in [2.45, 2.75) is 31.7 Å². The van der Waals surface area contributed by atoms with Gasteiger partial charge < -0.3 is 15.5 Å². The Morgan fingerprint density at radius 1 is 1.00 bits per heavy atom. The van der Waals surface area contributed by atoms with Gasteiger partial charge in [0.05, 0.1) is 5.69 Å². The van der Waals surface area contributed by atoms with Crippen molar-refractivity contribution in [3.05, 3.63) is 89.0 Å². The number of nitrogens with one attached hydrogen (secondary N) is 2. The van der Waals surface area contributed by atoms with Gasteiger partial charge in [0, 0.05) is 31.1 Å². The number of carbonyl (C=O) groups excluding carboxylic acids is 3. The first-order valence-electron chi connectivity index (χ1n) is 12.3. The van der Waals surface area contributed by atoms with Crippen LogP contribution in [-0.4, -0.2) is 31.3 Å². The highest BCUT2D eigenvalue weighted by Crippen LogP contribution is 2.39. The standard InChI is InChI=1S/C29H27F2N3O3/c1-16(27(35)32-15-17-11-12-20-23(17)13-18(30)14-24(20)31)28(36)33-26-22-9-4-3-7-19(22)21-8-5-6-10-25(21)34(2)29(26)37/h3-10,13-14,16-17,26H,11-12,15H2,1-2H3,(H,32,35)(H,33,36). The van der Waals surface area contributed by atoms with Gasteiger partial charge in [0.1, 0.15) is 23.6 Å². The van der Waals surface area contributed by atoms with Crippen molar-refractivity contribution < 1.29 is 23.2 Å². The Balaban J connectivity index is 1.30. The summed E-state index contributed by atoms with van der Waals surface area (Å²) >= 11 is 0. The van der Waals surface area contributed by atoms with Gasteiger partial charge in [-0.25, -0.2) is 8.78 Å². The van der Waals surface area contributed by atoms with E-state index in [-0.39, 0.29) is 18.4 Å². The van der Waals surface area contributed by atoms with Gasteiger partial charge >= 0.3 is 0 Å². The number of carbonyl (C=O) groups is 3. The number of hydrogen-bond donors (Lipinski definition) is 2. The van der Waals surface area contributed by atoms with Crippen LogP contribution in [0.3, 0.4) is 0 Å². The lowest BCUT2D eigenvalue weighted by atomic mass is 9.95. The molecule has 1 aliphatic heterocycles. The molecule has 0 aromatic heterocycles. The van der Waals surface area contributed by atoms with Crippen LogP contribution in [0.5, 0.6) is 0 Å². The number of anilines is 1. The maximum absolute atomic E-state index is 14.0. The lowest BCUT2D eigenvalue weighted by Crippen LogP contribution is -2.46. The van der Waals surface area contributed by atoms with Gasteiger partial charge in [-0.3, -0.25) is 14.4 Å². The Morgan fingerprint density at radius 2 is 1.70 bits per heavy atom. The quantitative estimate of drug-likeness (QED) is 0.511. The molecule has 3 aromatic carbocycles. The summed E-state index contributed by atoms with van der Waals surface area (Å²) in [6.45, 7) is 1.63. The average Bonchev–Trinajstić information content (AvgIpc) is 3.28. The molecule has 190 valence electrons. The normalized spacial score (nSPS) is 18.8. The Hall–Kier alpha value is -4.07. The topological polar surface area (TPSA) is 78.5 Å². The second kappa shape index (κ2) is 9.76. The number of benzene rings is 3. The van der Waals surface area contributed by atoms with Gasteiger partial charge in [0.2, 0.25) is 11.8 Å². The summed E-state index contributed by atoms with van der Waals surface area (Å²) in [5, 5.41) is 5.53. The molecule has 0 spiro atoms. The molecule has 2 aliphatic rings. The molecule has 0 radical (unpaired) electrons. The predicted molar refractivity (Wildman–Crippen MR) is 136 cm³/mol. The molecule has 37 heavy (non-hydrogen) atoms. The highest BCUT2D eigenvalue weighted by Gasteiger charge is 2.35. The third-order valence-electron chi connectivity index (χ3n) is 7.38. The van der Waals surface area contributed by atoms with Crippen LogP contribution >= 0.6 is 0 Å². The van der Waals surface area contributed by atoms with Gasteiger partial charge in [-0.2, -0.15) is 0 Å². The van der Waals surface area contributed by atoms with Crippen molar-refractivity contribution in [3.8, 4) is 11.1 Å². The molecule has 2 N–H and O–H groups in total. The third-order valence-corrected chi connectivity index (χ3v) is 7.38. The molecule has 3 atom stereocenters. The zero-order valence-electron chi connectivity index (χ0n) is 20.6. The summed E-state index contributed by atoms with van der Waals surface area (Å²) in [6, 6.07) is 16.1. The first kappa shape index (κ1) is 24.6. The molecule has 3 aromatic rings. The molecule has 0 saturated carbocycles. The lowest BCUT2D eigenvalue weighted by molar-refractivity contribution is -0.136. The van der Waals surface area contributed by atoms with E-state index < -0.39 is 35.4 Å².